The van der Waals surface area contributed by atoms with Gasteiger partial charge in [-0.1, -0.05) is 30.3 Å². The van der Waals surface area contributed by atoms with E-state index in [0.29, 0.717) is 22.6 Å². The van der Waals surface area contributed by atoms with Crippen LogP contribution in [0.5, 0.6) is 0 Å². The van der Waals surface area contributed by atoms with Gasteiger partial charge in [0.15, 0.2) is 28.9 Å². The molecule has 166 valence electrons. The van der Waals surface area contributed by atoms with Gasteiger partial charge in [-0.05, 0) is 12.1 Å². The van der Waals surface area contributed by atoms with Gasteiger partial charge < -0.3 is 20.1 Å². The quantitative estimate of drug-likeness (QED) is 0.366. The first kappa shape index (κ1) is 19.9. The third kappa shape index (κ3) is 3.09. The standard InChI is InChI=1S/C22H19N7O4/c30-9-15-17(31)18(32)22(33-15)29-10-24-16-20(29)25-11-28-19(26-27-21(16)28)13-6-4-12(5-7-13)14-3-1-2-8-23-14/h1-8,10-11,15,17-18,22,30-32H,9H2/t15-,17?,18+,22-/m1/s1. The highest BCUT2D eigenvalue weighted by molar-refractivity contribution is 5.86. The lowest BCUT2D eigenvalue weighted by molar-refractivity contribution is -0.0511. The van der Waals surface area contributed by atoms with Crippen molar-refractivity contribution in [3.05, 3.63) is 61.3 Å². The van der Waals surface area contributed by atoms with Crippen molar-refractivity contribution in [3.8, 4) is 22.6 Å². The molecule has 1 aliphatic rings. The van der Waals surface area contributed by atoms with E-state index in [1.165, 1.54) is 10.9 Å². The number of aliphatic hydroxyl groups excluding tert-OH is 3. The molecule has 0 aliphatic carbocycles. The average Bonchev–Trinajstić information content (AvgIpc) is 3.55. The number of hydrogen-bond acceptors (Lipinski definition) is 9. The van der Waals surface area contributed by atoms with Crippen molar-refractivity contribution >= 4 is 16.8 Å². The number of hydrogen-bond donors (Lipinski definition) is 3. The summed E-state index contributed by atoms with van der Waals surface area (Å²) < 4.78 is 8.87. The van der Waals surface area contributed by atoms with Crippen molar-refractivity contribution in [1.82, 2.24) is 34.1 Å². The number of pyridine rings is 1. The van der Waals surface area contributed by atoms with Gasteiger partial charge in [0.2, 0.25) is 0 Å². The Morgan fingerprint density at radius 2 is 1.67 bits per heavy atom. The van der Waals surface area contributed by atoms with Crippen LogP contribution in [0.2, 0.25) is 0 Å². The molecule has 33 heavy (non-hydrogen) atoms. The Hall–Kier alpha value is -3.77. The van der Waals surface area contributed by atoms with Crippen LogP contribution in [0.1, 0.15) is 6.23 Å². The fourth-order valence-corrected chi connectivity index (χ4v) is 4.13. The summed E-state index contributed by atoms with van der Waals surface area (Å²) in [6.07, 6.45) is 0.538. The van der Waals surface area contributed by atoms with Gasteiger partial charge in [-0.25, -0.2) is 9.97 Å². The largest absolute Gasteiger partial charge is 0.394 e. The second-order valence-corrected chi connectivity index (χ2v) is 7.81. The third-order valence-corrected chi connectivity index (χ3v) is 5.87. The molecule has 1 aliphatic heterocycles. The van der Waals surface area contributed by atoms with Crippen LogP contribution in [0.25, 0.3) is 39.5 Å². The van der Waals surface area contributed by atoms with Gasteiger partial charge in [-0.15, -0.1) is 10.2 Å². The van der Waals surface area contributed by atoms with Crippen LogP contribution >= 0.6 is 0 Å². The molecule has 11 heteroatoms. The smallest absolute Gasteiger partial charge is 0.192 e. The maximum absolute atomic E-state index is 10.4. The number of nitrogens with zero attached hydrogens (tertiary/aromatic N) is 7. The molecular weight excluding hydrogens is 426 g/mol. The van der Waals surface area contributed by atoms with Crippen LogP contribution in [-0.2, 0) is 4.74 Å². The first-order valence-corrected chi connectivity index (χ1v) is 10.4. The van der Waals surface area contributed by atoms with Gasteiger partial charge in [-0.2, -0.15) is 0 Å². The van der Waals surface area contributed by atoms with E-state index >= 15 is 0 Å². The van der Waals surface area contributed by atoms with Crippen molar-refractivity contribution in [2.24, 2.45) is 0 Å². The summed E-state index contributed by atoms with van der Waals surface area (Å²) in [4.78, 5) is 13.3. The SMILES string of the molecule is OC[C@H]1O[C@@H](n2cnc3c2ncn2c(-c4ccc(-c5ccccn5)cc4)nnc32)[C@@H](O)C1O. The second kappa shape index (κ2) is 7.67. The summed E-state index contributed by atoms with van der Waals surface area (Å²) in [5.41, 5.74) is 4.11. The van der Waals surface area contributed by atoms with Crippen molar-refractivity contribution in [2.75, 3.05) is 6.61 Å². The van der Waals surface area contributed by atoms with Gasteiger partial charge in [0, 0.05) is 17.3 Å². The first-order chi connectivity index (χ1) is 16.2. The van der Waals surface area contributed by atoms with Crippen LogP contribution in [0.4, 0.5) is 0 Å². The lowest BCUT2D eigenvalue weighted by atomic mass is 10.1. The number of ether oxygens (including phenoxy) is 1. The van der Waals surface area contributed by atoms with Crippen LogP contribution in [0.3, 0.4) is 0 Å². The van der Waals surface area contributed by atoms with Crippen LogP contribution in [-0.4, -0.2) is 74.4 Å². The minimum Gasteiger partial charge on any atom is -0.394 e. The topological polar surface area (TPSA) is 144 Å². The van der Waals surface area contributed by atoms with Crippen molar-refractivity contribution < 1.29 is 20.1 Å². The predicted octanol–water partition coefficient (Wildman–Crippen LogP) is 0.814. The molecule has 0 saturated carbocycles. The molecule has 4 atom stereocenters. The van der Waals surface area contributed by atoms with E-state index in [4.69, 9.17) is 4.74 Å². The Balaban J connectivity index is 1.38. The van der Waals surface area contributed by atoms with E-state index in [1.54, 1.807) is 16.9 Å². The van der Waals surface area contributed by atoms with Gasteiger partial charge in [-0.3, -0.25) is 14.0 Å². The zero-order valence-corrected chi connectivity index (χ0v) is 17.2. The fourth-order valence-electron chi connectivity index (χ4n) is 4.13. The second-order valence-electron chi connectivity index (χ2n) is 7.81. The Bertz CT molecular complexity index is 1430. The predicted molar refractivity (Wildman–Crippen MR) is 116 cm³/mol. The maximum atomic E-state index is 10.4. The van der Waals surface area contributed by atoms with E-state index in [9.17, 15) is 15.3 Å². The minimum atomic E-state index is -1.23. The highest BCUT2D eigenvalue weighted by atomic mass is 16.6. The maximum Gasteiger partial charge on any atom is 0.192 e. The van der Waals surface area contributed by atoms with Crippen LogP contribution < -0.4 is 0 Å². The van der Waals surface area contributed by atoms with Crippen molar-refractivity contribution in [3.63, 3.8) is 0 Å². The molecule has 0 bridgehead atoms. The van der Waals surface area contributed by atoms with E-state index < -0.39 is 31.1 Å². The summed E-state index contributed by atoms with van der Waals surface area (Å²) in [6.45, 7) is -0.411. The summed E-state index contributed by atoms with van der Waals surface area (Å²) in [5.74, 6) is 0.606. The molecule has 0 spiro atoms. The van der Waals surface area contributed by atoms with Crippen LogP contribution in [0, 0.1) is 0 Å². The van der Waals surface area contributed by atoms with E-state index in [-0.39, 0.29) is 0 Å². The monoisotopic (exact) mass is 445 g/mol. The first-order valence-electron chi connectivity index (χ1n) is 10.4. The molecule has 1 unspecified atom stereocenters. The highest BCUT2D eigenvalue weighted by Crippen LogP contribution is 2.32. The molecule has 1 aromatic carbocycles. The fraction of sp³-hybridized carbons (Fsp3) is 0.227. The molecule has 5 aromatic rings. The Labute approximate surface area is 186 Å². The van der Waals surface area contributed by atoms with Gasteiger partial charge in [0.1, 0.15) is 24.6 Å². The number of aliphatic hydroxyl groups is 3. The summed E-state index contributed by atoms with van der Waals surface area (Å²) >= 11 is 0. The van der Waals surface area contributed by atoms with Crippen molar-refractivity contribution in [2.45, 2.75) is 24.5 Å². The molecular formula is C22H19N7O4. The zero-order valence-electron chi connectivity index (χ0n) is 17.2. The normalized spacial score (nSPS) is 23.0. The van der Waals surface area contributed by atoms with Gasteiger partial charge in [0.05, 0.1) is 18.6 Å². The molecule has 11 nitrogen and oxygen atoms in total. The van der Waals surface area contributed by atoms with E-state index in [2.05, 4.69) is 25.1 Å². The molecule has 0 amide bonds. The number of fused-ring (bicyclic) bond motifs is 3. The molecule has 6 rings (SSSR count). The summed E-state index contributed by atoms with van der Waals surface area (Å²) in [7, 11) is 0. The molecule has 4 aromatic heterocycles. The molecule has 5 heterocycles. The number of rotatable bonds is 4. The average molecular weight is 445 g/mol. The van der Waals surface area contributed by atoms with E-state index in [0.717, 1.165) is 16.8 Å². The zero-order chi connectivity index (χ0) is 22.5. The lowest BCUT2D eigenvalue weighted by Gasteiger charge is -2.16. The Kier molecular flexibility index (Phi) is 4.62. The lowest BCUT2D eigenvalue weighted by Crippen LogP contribution is -2.33. The van der Waals surface area contributed by atoms with Gasteiger partial charge >= 0.3 is 0 Å². The summed E-state index contributed by atoms with van der Waals surface area (Å²) in [6, 6.07) is 13.6. The molecule has 1 saturated heterocycles. The summed E-state index contributed by atoms with van der Waals surface area (Å²) in [5, 5.41) is 38.4. The number of aromatic nitrogens is 7. The number of benzene rings is 1. The molecule has 1 fully saturated rings. The van der Waals surface area contributed by atoms with Crippen LogP contribution in [0.15, 0.2) is 61.3 Å². The third-order valence-electron chi connectivity index (χ3n) is 5.87. The Morgan fingerprint density at radius 1 is 0.848 bits per heavy atom. The minimum absolute atomic E-state index is 0.411. The molecule has 0 radical (unpaired) electrons. The van der Waals surface area contributed by atoms with Crippen molar-refractivity contribution in [1.29, 1.82) is 0 Å². The van der Waals surface area contributed by atoms with E-state index in [1.807, 2.05) is 42.5 Å². The molecule has 3 N–H and O–H groups in total. The number of imidazole rings is 1. The Morgan fingerprint density at radius 3 is 2.39 bits per heavy atom. The highest BCUT2D eigenvalue weighted by Gasteiger charge is 2.44. The van der Waals surface area contributed by atoms with Gasteiger partial charge in [0.25, 0.3) is 0 Å².